The largest absolute Gasteiger partial charge is 0.550 e. The molecule has 0 radical (unpaired) electrons. The minimum atomic E-state index is -2.19. The SMILES string of the molecule is CC(=O)C(=O)C(O)(CC(=O)[O-])C[N+](C)(C)C. The average molecular weight is 231 g/mol. The Morgan fingerprint density at radius 2 is 1.69 bits per heavy atom. The number of likely N-dealkylation sites (N-methyl/N-ethyl adjacent to an activating group) is 1. The van der Waals surface area contributed by atoms with Crippen LogP contribution in [0.1, 0.15) is 13.3 Å². The lowest BCUT2D eigenvalue weighted by Crippen LogP contribution is -2.57. The zero-order valence-corrected chi connectivity index (χ0v) is 9.94. The molecular weight excluding hydrogens is 214 g/mol. The van der Waals surface area contributed by atoms with Crippen molar-refractivity contribution in [3.63, 3.8) is 0 Å². The number of hydrogen-bond acceptors (Lipinski definition) is 5. The topological polar surface area (TPSA) is 94.5 Å². The quantitative estimate of drug-likeness (QED) is 0.410. The lowest BCUT2D eigenvalue weighted by molar-refractivity contribution is -0.875. The Bertz CT molecular complexity index is 318. The molecule has 0 aromatic carbocycles. The summed E-state index contributed by atoms with van der Waals surface area (Å²) < 4.78 is 0.156. The van der Waals surface area contributed by atoms with Crippen LogP contribution < -0.4 is 5.11 Å². The molecule has 0 saturated carbocycles. The Balaban J connectivity index is 5.11. The fourth-order valence-corrected chi connectivity index (χ4v) is 1.56. The van der Waals surface area contributed by atoms with Gasteiger partial charge in [0, 0.05) is 19.3 Å². The van der Waals surface area contributed by atoms with Gasteiger partial charge in [0.05, 0.1) is 21.1 Å². The van der Waals surface area contributed by atoms with E-state index in [1.807, 2.05) is 0 Å². The number of nitrogens with zero attached hydrogens (tertiary/aromatic N) is 1. The predicted molar refractivity (Wildman–Crippen MR) is 53.2 cm³/mol. The average Bonchev–Trinajstić information content (AvgIpc) is 1.96. The van der Waals surface area contributed by atoms with Gasteiger partial charge >= 0.3 is 0 Å². The fourth-order valence-electron chi connectivity index (χ4n) is 1.56. The van der Waals surface area contributed by atoms with E-state index in [0.29, 0.717) is 0 Å². The van der Waals surface area contributed by atoms with Crippen molar-refractivity contribution in [2.24, 2.45) is 0 Å². The molecule has 0 saturated heterocycles. The van der Waals surface area contributed by atoms with Gasteiger partial charge in [0.2, 0.25) is 5.78 Å². The number of quaternary nitrogens is 1. The summed E-state index contributed by atoms with van der Waals surface area (Å²) in [6, 6.07) is 0. The third kappa shape index (κ3) is 4.50. The van der Waals surface area contributed by atoms with Crippen LogP contribution in [0.5, 0.6) is 0 Å². The summed E-state index contributed by atoms with van der Waals surface area (Å²) in [5.41, 5.74) is -2.19. The molecule has 0 aliphatic heterocycles. The zero-order chi connectivity index (χ0) is 13.1. The van der Waals surface area contributed by atoms with Gasteiger partial charge < -0.3 is 19.5 Å². The number of carboxylic acids is 1. The summed E-state index contributed by atoms with van der Waals surface area (Å²) in [6.45, 7) is 0.831. The Morgan fingerprint density at radius 1 is 1.25 bits per heavy atom. The number of hydrogen-bond donors (Lipinski definition) is 1. The van der Waals surface area contributed by atoms with Gasteiger partial charge in [0.15, 0.2) is 11.4 Å². The second-order valence-corrected chi connectivity index (χ2v) is 4.91. The summed E-state index contributed by atoms with van der Waals surface area (Å²) in [5, 5.41) is 20.4. The van der Waals surface area contributed by atoms with Crippen LogP contribution in [0.4, 0.5) is 0 Å². The molecular formula is C10H17NO5. The maximum atomic E-state index is 11.5. The molecule has 0 bridgehead atoms. The number of carbonyl (C=O) groups is 3. The maximum absolute atomic E-state index is 11.5. The first-order valence-electron chi connectivity index (χ1n) is 4.76. The van der Waals surface area contributed by atoms with E-state index < -0.39 is 29.6 Å². The molecule has 0 fully saturated rings. The molecule has 6 nitrogen and oxygen atoms in total. The highest BCUT2D eigenvalue weighted by molar-refractivity contribution is 6.39. The van der Waals surface area contributed by atoms with Crippen molar-refractivity contribution >= 4 is 17.5 Å². The van der Waals surface area contributed by atoms with E-state index >= 15 is 0 Å². The van der Waals surface area contributed by atoms with Crippen LogP contribution in [0.2, 0.25) is 0 Å². The minimum absolute atomic E-state index is 0.156. The van der Waals surface area contributed by atoms with E-state index in [0.717, 1.165) is 6.92 Å². The second-order valence-electron chi connectivity index (χ2n) is 4.91. The first-order chi connectivity index (χ1) is 6.98. The molecule has 1 unspecified atom stereocenters. The van der Waals surface area contributed by atoms with Crippen LogP contribution in [0.3, 0.4) is 0 Å². The smallest absolute Gasteiger partial charge is 0.235 e. The molecule has 0 spiro atoms. The number of rotatable bonds is 6. The molecule has 1 N–H and O–H groups in total. The van der Waals surface area contributed by atoms with Crippen molar-refractivity contribution in [1.82, 2.24) is 0 Å². The van der Waals surface area contributed by atoms with Crippen LogP contribution in [0.25, 0.3) is 0 Å². The van der Waals surface area contributed by atoms with E-state index in [2.05, 4.69) is 0 Å². The molecule has 6 heteroatoms. The minimum Gasteiger partial charge on any atom is -0.550 e. The lowest BCUT2D eigenvalue weighted by Gasteiger charge is -2.34. The molecule has 16 heavy (non-hydrogen) atoms. The van der Waals surface area contributed by atoms with Gasteiger partial charge in [0.1, 0.15) is 6.54 Å². The van der Waals surface area contributed by atoms with Crippen molar-refractivity contribution in [2.75, 3.05) is 27.7 Å². The van der Waals surface area contributed by atoms with Crippen molar-refractivity contribution in [1.29, 1.82) is 0 Å². The van der Waals surface area contributed by atoms with E-state index in [-0.39, 0.29) is 11.0 Å². The third-order valence-corrected chi connectivity index (χ3v) is 1.92. The second kappa shape index (κ2) is 4.71. The molecule has 0 rings (SSSR count). The number of carboxylic acid groups (broad SMARTS) is 1. The molecule has 1 atom stereocenters. The highest BCUT2D eigenvalue weighted by Crippen LogP contribution is 2.16. The van der Waals surface area contributed by atoms with Gasteiger partial charge in [-0.3, -0.25) is 9.59 Å². The summed E-state index contributed by atoms with van der Waals surface area (Å²) in [7, 11) is 5.02. The molecule has 0 aromatic heterocycles. The van der Waals surface area contributed by atoms with Crippen molar-refractivity contribution < 1.29 is 29.1 Å². The highest BCUT2D eigenvalue weighted by atomic mass is 16.4. The van der Waals surface area contributed by atoms with Crippen LogP contribution in [-0.2, 0) is 14.4 Å². The predicted octanol–water partition coefficient (Wildman–Crippen LogP) is -2.28. The van der Waals surface area contributed by atoms with Crippen molar-refractivity contribution in [3.8, 4) is 0 Å². The third-order valence-electron chi connectivity index (χ3n) is 1.92. The molecule has 0 amide bonds. The molecule has 0 aliphatic carbocycles. The summed E-state index contributed by atoms with van der Waals surface area (Å²) in [4.78, 5) is 32.9. The van der Waals surface area contributed by atoms with Crippen LogP contribution in [0, 0.1) is 0 Å². The van der Waals surface area contributed by atoms with Crippen LogP contribution in [-0.4, -0.2) is 60.4 Å². The molecule has 0 aromatic rings. The molecule has 92 valence electrons. The van der Waals surface area contributed by atoms with Crippen LogP contribution >= 0.6 is 0 Å². The van der Waals surface area contributed by atoms with E-state index in [1.165, 1.54) is 0 Å². The number of ketones is 2. The Kier molecular flexibility index (Phi) is 4.34. The summed E-state index contributed by atoms with van der Waals surface area (Å²) >= 11 is 0. The standard InChI is InChI=1S/C10H17NO5/c1-7(12)9(15)10(16,5-8(13)14)6-11(2,3)4/h16H,5-6H2,1-4H3. The zero-order valence-electron chi connectivity index (χ0n) is 9.94. The first kappa shape index (κ1) is 14.7. The van der Waals surface area contributed by atoms with Gasteiger partial charge in [-0.25, -0.2) is 0 Å². The number of aliphatic carboxylic acids is 1. The van der Waals surface area contributed by atoms with Gasteiger partial charge in [-0.15, -0.1) is 0 Å². The summed E-state index contributed by atoms with van der Waals surface area (Å²) in [5.74, 6) is -3.52. The lowest BCUT2D eigenvalue weighted by atomic mass is 9.91. The van der Waals surface area contributed by atoms with E-state index in [1.54, 1.807) is 21.1 Å². The van der Waals surface area contributed by atoms with Crippen LogP contribution in [0.15, 0.2) is 0 Å². The molecule has 0 heterocycles. The fraction of sp³-hybridized carbons (Fsp3) is 0.700. The van der Waals surface area contributed by atoms with E-state index in [4.69, 9.17) is 0 Å². The first-order valence-corrected chi connectivity index (χ1v) is 4.76. The Hall–Kier alpha value is -1.27. The van der Waals surface area contributed by atoms with E-state index in [9.17, 15) is 24.6 Å². The normalized spacial score (nSPS) is 15.3. The summed E-state index contributed by atoms with van der Waals surface area (Å²) in [6.07, 6.45) is -0.874. The van der Waals surface area contributed by atoms with Crippen molar-refractivity contribution in [3.05, 3.63) is 0 Å². The Labute approximate surface area is 94.1 Å². The van der Waals surface area contributed by atoms with Gasteiger partial charge in [-0.05, 0) is 0 Å². The van der Waals surface area contributed by atoms with Gasteiger partial charge in [-0.2, -0.15) is 0 Å². The molecule has 0 aliphatic rings. The Morgan fingerprint density at radius 3 is 1.94 bits per heavy atom. The highest BCUT2D eigenvalue weighted by Gasteiger charge is 2.43. The number of Topliss-reactive ketones (excluding diaryl/α,β-unsaturated/α-hetero) is 2. The monoisotopic (exact) mass is 231 g/mol. The van der Waals surface area contributed by atoms with Crippen molar-refractivity contribution in [2.45, 2.75) is 18.9 Å². The van der Waals surface area contributed by atoms with Gasteiger partial charge in [-0.1, -0.05) is 0 Å². The maximum Gasteiger partial charge on any atom is 0.235 e. The number of carbonyl (C=O) groups excluding carboxylic acids is 3. The van der Waals surface area contributed by atoms with Gasteiger partial charge in [0.25, 0.3) is 0 Å². The number of aliphatic hydroxyl groups is 1.